The van der Waals surface area contributed by atoms with Gasteiger partial charge in [0.25, 0.3) is 0 Å². The lowest BCUT2D eigenvalue weighted by Crippen LogP contribution is -2.40. The normalized spacial score (nSPS) is 12.2. The van der Waals surface area contributed by atoms with E-state index in [4.69, 9.17) is 22.6 Å². The quantitative estimate of drug-likeness (QED) is 0.916. The molecule has 0 aliphatic rings. The van der Waals surface area contributed by atoms with E-state index in [9.17, 15) is 8.42 Å². The average Bonchev–Trinajstić information content (AvgIpc) is 2.17. The van der Waals surface area contributed by atoms with Crippen molar-refractivity contribution in [1.29, 1.82) is 5.26 Å². The molecule has 0 amide bonds. The molecule has 2 N–H and O–H groups in total. The predicted molar refractivity (Wildman–Crippen MR) is 71.9 cm³/mol. The van der Waals surface area contributed by atoms with E-state index in [0.29, 0.717) is 11.1 Å². The van der Waals surface area contributed by atoms with Crippen molar-refractivity contribution < 1.29 is 8.42 Å². The molecule has 0 aliphatic carbocycles. The third-order valence-electron chi connectivity index (χ3n) is 2.15. The van der Waals surface area contributed by atoms with Gasteiger partial charge < -0.3 is 5.73 Å². The predicted octanol–water partition coefficient (Wildman–Crippen LogP) is 1.86. The summed E-state index contributed by atoms with van der Waals surface area (Å²) in [4.78, 5) is 0. The lowest BCUT2D eigenvalue weighted by Gasteiger charge is -2.18. The Bertz CT molecular complexity index is 583. The van der Waals surface area contributed by atoms with Gasteiger partial charge in [-0.15, -0.1) is 0 Å². The van der Waals surface area contributed by atoms with Crippen LogP contribution in [0.15, 0.2) is 18.2 Å². The van der Waals surface area contributed by atoms with Crippen molar-refractivity contribution in [3.63, 3.8) is 0 Å². The first-order chi connectivity index (χ1) is 8.13. The minimum Gasteiger partial charge on any atom is -0.325 e. The van der Waals surface area contributed by atoms with Crippen LogP contribution in [0.4, 0.5) is 0 Å². The SMILES string of the molecule is CC(C)(N)CS(=O)(=O)Cc1ccc(C#N)cc1Cl. The zero-order valence-corrected chi connectivity index (χ0v) is 11.8. The molecule has 1 aromatic rings. The fourth-order valence-corrected chi connectivity index (χ4v) is 3.88. The number of nitriles is 1. The molecule has 0 spiro atoms. The molecule has 0 saturated carbocycles. The molecule has 4 nitrogen and oxygen atoms in total. The number of nitrogens with zero attached hydrogens (tertiary/aromatic N) is 1. The molecule has 0 aliphatic heterocycles. The summed E-state index contributed by atoms with van der Waals surface area (Å²) < 4.78 is 23.8. The lowest BCUT2D eigenvalue weighted by molar-refractivity contribution is 0.544. The second kappa shape index (κ2) is 5.27. The van der Waals surface area contributed by atoms with Crippen LogP contribution in [0.1, 0.15) is 25.0 Å². The summed E-state index contributed by atoms with van der Waals surface area (Å²) in [5, 5.41) is 8.98. The molecule has 0 aromatic heterocycles. The monoisotopic (exact) mass is 286 g/mol. The number of benzene rings is 1. The summed E-state index contributed by atoms with van der Waals surface area (Å²) in [5.41, 5.74) is 5.81. The van der Waals surface area contributed by atoms with E-state index >= 15 is 0 Å². The number of sulfone groups is 1. The van der Waals surface area contributed by atoms with Crippen LogP contribution in [0.2, 0.25) is 5.02 Å². The third kappa shape index (κ3) is 4.65. The van der Waals surface area contributed by atoms with Gasteiger partial charge in [0.15, 0.2) is 9.84 Å². The highest BCUT2D eigenvalue weighted by molar-refractivity contribution is 7.90. The molecule has 0 fully saturated rings. The van der Waals surface area contributed by atoms with E-state index in [0.717, 1.165) is 0 Å². The minimum absolute atomic E-state index is 0.115. The first-order valence-electron chi connectivity index (χ1n) is 5.31. The summed E-state index contributed by atoms with van der Waals surface area (Å²) in [5.74, 6) is -0.283. The van der Waals surface area contributed by atoms with Crippen molar-refractivity contribution in [3.05, 3.63) is 34.3 Å². The third-order valence-corrected chi connectivity index (χ3v) is 4.44. The van der Waals surface area contributed by atoms with E-state index in [-0.39, 0.29) is 16.5 Å². The molecule has 98 valence electrons. The van der Waals surface area contributed by atoms with Crippen molar-refractivity contribution in [3.8, 4) is 6.07 Å². The van der Waals surface area contributed by atoms with E-state index in [1.807, 2.05) is 6.07 Å². The van der Waals surface area contributed by atoms with E-state index in [1.165, 1.54) is 6.07 Å². The van der Waals surface area contributed by atoms with Crippen molar-refractivity contribution >= 4 is 21.4 Å². The fourth-order valence-electron chi connectivity index (χ4n) is 1.59. The van der Waals surface area contributed by atoms with Gasteiger partial charge in [-0.05, 0) is 31.5 Å². The van der Waals surface area contributed by atoms with Crippen LogP contribution in [0, 0.1) is 11.3 Å². The highest BCUT2D eigenvalue weighted by Gasteiger charge is 2.23. The molecule has 18 heavy (non-hydrogen) atoms. The maximum atomic E-state index is 11.9. The summed E-state index contributed by atoms with van der Waals surface area (Å²) in [6.45, 7) is 3.32. The van der Waals surface area contributed by atoms with Gasteiger partial charge >= 0.3 is 0 Å². The molecule has 1 aromatic carbocycles. The van der Waals surface area contributed by atoms with Crippen LogP contribution in [0.3, 0.4) is 0 Å². The summed E-state index contributed by atoms with van der Waals surface area (Å²) in [6, 6.07) is 6.50. The number of hydrogen-bond acceptors (Lipinski definition) is 4. The van der Waals surface area contributed by atoms with Gasteiger partial charge in [-0.25, -0.2) is 8.42 Å². The first kappa shape index (κ1) is 15.0. The standard InChI is InChI=1S/C12H15ClN2O2S/c1-12(2,15)8-18(16,17)7-10-4-3-9(6-14)5-11(10)13/h3-5H,7-8,15H2,1-2H3. The van der Waals surface area contributed by atoms with Gasteiger partial charge in [0, 0.05) is 10.6 Å². The number of hydrogen-bond donors (Lipinski definition) is 1. The molecular formula is C12H15ClN2O2S. The fraction of sp³-hybridized carbons (Fsp3) is 0.417. The maximum Gasteiger partial charge on any atom is 0.156 e. The first-order valence-corrected chi connectivity index (χ1v) is 7.51. The van der Waals surface area contributed by atoms with Crippen molar-refractivity contribution in [2.24, 2.45) is 5.73 Å². The zero-order valence-electron chi connectivity index (χ0n) is 10.3. The molecule has 0 atom stereocenters. The molecular weight excluding hydrogens is 272 g/mol. The van der Waals surface area contributed by atoms with Gasteiger partial charge in [-0.1, -0.05) is 17.7 Å². The van der Waals surface area contributed by atoms with Gasteiger partial charge in [-0.2, -0.15) is 5.26 Å². The van der Waals surface area contributed by atoms with Crippen molar-refractivity contribution in [2.45, 2.75) is 25.1 Å². The Hall–Kier alpha value is -1.09. The Labute approximate surface area is 112 Å². The average molecular weight is 287 g/mol. The Balaban J connectivity index is 2.96. The highest BCUT2D eigenvalue weighted by Crippen LogP contribution is 2.21. The van der Waals surface area contributed by atoms with Crippen molar-refractivity contribution in [2.75, 3.05) is 5.75 Å². The number of rotatable bonds is 4. The second-order valence-electron chi connectivity index (χ2n) is 4.94. The van der Waals surface area contributed by atoms with E-state index < -0.39 is 15.4 Å². The Morgan fingerprint density at radius 3 is 2.50 bits per heavy atom. The smallest absolute Gasteiger partial charge is 0.156 e. The van der Waals surface area contributed by atoms with Crippen LogP contribution >= 0.6 is 11.6 Å². The second-order valence-corrected chi connectivity index (χ2v) is 7.41. The van der Waals surface area contributed by atoms with Crippen LogP contribution in [-0.4, -0.2) is 19.7 Å². The number of halogens is 1. The summed E-state index contributed by atoms with van der Waals surface area (Å²) in [7, 11) is -3.33. The maximum absolute atomic E-state index is 11.9. The largest absolute Gasteiger partial charge is 0.325 e. The molecule has 0 unspecified atom stereocenters. The van der Waals surface area contributed by atoms with Crippen LogP contribution < -0.4 is 5.73 Å². The number of nitrogens with two attached hydrogens (primary N) is 1. The Kier molecular flexibility index (Phi) is 4.38. The van der Waals surface area contributed by atoms with Crippen LogP contribution in [-0.2, 0) is 15.6 Å². The molecule has 0 heterocycles. The van der Waals surface area contributed by atoms with Crippen LogP contribution in [0.25, 0.3) is 0 Å². The molecule has 0 saturated heterocycles. The summed E-state index contributed by atoms with van der Waals surface area (Å²) >= 11 is 5.94. The minimum atomic E-state index is -3.33. The molecule has 0 radical (unpaired) electrons. The molecule has 6 heteroatoms. The highest BCUT2D eigenvalue weighted by atomic mass is 35.5. The van der Waals surface area contributed by atoms with E-state index in [1.54, 1.807) is 26.0 Å². The van der Waals surface area contributed by atoms with Gasteiger partial charge in [0.05, 0.1) is 23.1 Å². The van der Waals surface area contributed by atoms with Gasteiger partial charge in [-0.3, -0.25) is 0 Å². The summed E-state index contributed by atoms with van der Waals surface area (Å²) in [6.07, 6.45) is 0. The van der Waals surface area contributed by atoms with Gasteiger partial charge in [0.1, 0.15) is 0 Å². The topological polar surface area (TPSA) is 84.0 Å². The molecule has 1 rings (SSSR count). The van der Waals surface area contributed by atoms with Crippen molar-refractivity contribution in [1.82, 2.24) is 0 Å². The Morgan fingerprint density at radius 2 is 2.06 bits per heavy atom. The Morgan fingerprint density at radius 1 is 1.44 bits per heavy atom. The van der Waals surface area contributed by atoms with Crippen LogP contribution in [0.5, 0.6) is 0 Å². The zero-order chi connectivity index (χ0) is 14.0. The van der Waals surface area contributed by atoms with Gasteiger partial charge in [0.2, 0.25) is 0 Å². The molecule has 0 bridgehead atoms. The lowest BCUT2D eigenvalue weighted by atomic mass is 10.1. The van der Waals surface area contributed by atoms with E-state index in [2.05, 4.69) is 0 Å².